The van der Waals surface area contributed by atoms with Gasteiger partial charge in [-0.2, -0.15) is 8.78 Å². The van der Waals surface area contributed by atoms with Crippen molar-refractivity contribution in [2.45, 2.75) is 32.5 Å². The SMILES string of the molecule is C[C@@H](N[C@H](C)c1ccc(OC(F)F)cc1)C(=O)NC(N)=O. The highest BCUT2D eigenvalue weighted by Crippen LogP contribution is 2.19. The van der Waals surface area contributed by atoms with Crippen molar-refractivity contribution in [2.75, 3.05) is 0 Å². The molecule has 1 aromatic rings. The van der Waals surface area contributed by atoms with Gasteiger partial charge in [0.1, 0.15) is 5.75 Å². The fourth-order valence-electron chi connectivity index (χ4n) is 1.71. The number of urea groups is 1. The molecule has 1 rings (SSSR count). The average Bonchev–Trinajstić information content (AvgIpc) is 2.37. The van der Waals surface area contributed by atoms with Gasteiger partial charge in [-0.15, -0.1) is 0 Å². The third kappa shape index (κ3) is 5.74. The molecule has 0 unspecified atom stereocenters. The molecule has 0 aliphatic carbocycles. The van der Waals surface area contributed by atoms with E-state index in [1.165, 1.54) is 12.1 Å². The van der Waals surface area contributed by atoms with Crippen molar-refractivity contribution in [3.63, 3.8) is 0 Å². The highest BCUT2D eigenvalue weighted by atomic mass is 19.3. The Hall–Kier alpha value is -2.22. The van der Waals surface area contributed by atoms with Gasteiger partial charge in [-0.25, -0.2) is 4.79 Å². The largest absolute Gasteiger partial charge is 0.435 e. The lowest BCUT2D eigenvalue weighted by molar-refractivity contribution is -0.121. The Morgan fingerprint density at radius 2 is 1.76 bits per heavy atom. The van der Waals surface area contributed by atoms with E-state index in [0.29, 0.717) is 0 Å². The summed E-state index contributed by atoms with van der Waals surface area (Å²) in [5.74, 6) is -0.493. The molecule has 0 radical (unpaired) electrons. The number of carbonyl (C=O) groups excluding carboxylic acids is 2. The highest BCUT2D eigenvalue weighted by molar-refractivity contribution is 5.96. The summed E-state index contributed by atoms with van der Waals surface area (Å²) < 4.78 is 28.3. The minimum absolute atomic E-state index is 0.0560. The van der Waals surface area contributed by atoms with Crippen LogP contribution in [0.1, 0.15) is 25.5 Å². The summed E-state index contributed by atoms with van der Waals surface area (Å²) in [5.41, 5.74) is 5.63. The van der Waals surface area contributed by atoms with Crippen LogP contribution in [0.15, 0.2) is 24.3 Å². The summed E-state index contributed by atoms with van der Waals surface area (Å²) in [6.45, 7) is 0.490. The van der Waals surface area contributed by atoms with Crippen LogP contribution in [0.25, 0.3) is 0 Å². The molecule has 0 saturated carbocycles. The maximum Gasteiger partial charge on any atom is 0.387 e. The fraction of sp³-hybridized carbons (Fsp3) is 0.385. The first-order chi connectivity index (χ1) is 9.79. The third-order valence-corrected chi connectivity index (χ3v) is 2.74. The Morgan fingerprint density at radius 1 is 1.19 bits per heavy atom. The second kappa shape index (κ2) is 7.53. The first-order valence-corrected chi connectivity index (χ1v) is 6.20. The molecule has 0 spiro atoms. The number of hydrogen-bond donors (Lipinski definition) is 3. The molecule has 1 aromatic carbocycles. The lowest BCUT2D eigenvalue weighted by Gasteiger charge is -2.19. The Kier molecular flexibility index (Phi) is 6.04. The normalized spacial score (nSPS) is 13.6. The summed E-state index contributed by atoms with van der Waals surface area (Å²) >= 11 is 0. The van der Waals surface area contributed by atoms with E-state index < -0.39 is 24.6 Å². The molecule has 0 bridgehead atoms. The molecule has 8 heteroatoms. The molecule has 6 nitrogen and oxygen atoms in total. The Morgan fingerprint density at radius 3 is 2.24 bits per heavy atom. The highest BCUT2D eigenvalue weighted by Gasteiger charge is 2.17. The summed E-state index contributed by atoms with van der Waals surface area (Å²) in [5, 5.41) is 4.92. The number of hydrogen-bond acceptors (Lipinski definition) is 4. The van der Waals surface area contributed by atoms with E-state index in [1.54, 1.807) is 26.0 Å². The van der Waals surface area contributed by atoms with Crippen LogP contribution in [0.5, 0.6) is 5.75 Å². The maximum atomic E-state index is 12.0. The molecule has 2 atom stereocenters. The van der Waals surface area contributed by atoms with Crippen molar-refractivity contribution in [3.05, 3.63) is 29.8 Å². The molecular weight excluding hydrogens is 284 g/mol. The number of nitrogens with one attached hydrogen (secondary N) is 2. The van der Waals surface area contributed by atoms with E-state index in [9.17, 15) is 18.4 Å². The Balaban J connectivity index is 2.60. The van der Waals surface area contributed by atoms with Crippen molar-refractivity contribution in [2.24, 2.45) is 5.73 Å². The summed E-state index contributed by atoms with van der Waals surface area (Å²) in [6, 6.07) is 4.22. The fourth-order valence-corrected chi connectivity index (χ4v) is 1.71. The van der Waals surface area contributed by atoms with Crippen molar-refractivity contribution < 1.29 is 23.1 Å². The van der Waals surface area contributed by atoms with Crippen molar-refractivity contribution >= 4 is 11.9 Å². The first-order valence-electron chi connectivity index (χ1n) is 6.20. The molecule has 4 N–H and O–H groups in total. The lowest BCUT2D eigenvalue weighted by Crippen LogP contribution is -2.47. The van der Waals surface area contributed by atoms with Gasteiger partial charge in [0.15, 0.2) is 0 Å². The van der Waals surface area contributed by atoms with Crippen molar-refractivity contribution in [1.29, 1.82) is 0 Å². The number of alkyl halides is 2. The number of halogens is 2. The van der Waals surface area contributed by atoms with Crippen molar-refractivity contribution in [1.82, 2.24) is 10.6 Å². The second-order valence-electron chi connectivity index (χ2n) is 4.41. The molecule has 0 aliphatic rings. The van der Waals surface area contributed by atoms with E-state index in [-0.39, 0.29) is 11.8 Å². The summed E-state index contributed by atoms with van der Waals surface area (Å²) in [7, 11) is 0. The molecule has 21 heavy (non-hydrogen) atoms. The van der Waals surface area contributed by atoms with Crippen LogP contribution in [0, 0.1) is 0 Å². The van der Waals surface area contributed by atoms with E-state index >= 15 is 0 Å². The second-order valence-corrected chi connectivity index (χ2v) is 4.41. The molecule has 3 amide bonds. The quantitative estimate of drug-likeness (QED) is 0.742. The number of rotatable bonds is 6. The zero-order valence-electron chi connectivity index (χ0n) is 11.6. The minimum Gasteiger partial charge on any atom is -0.435 e. The van der Waals surface area contributed by atoms with Gasteiger partial charge in [-0.1, -0.05) is 12.1 Å². The van der Waals surface area contributed by atoms with Gasteiger partial charge >= 0.3 is 12.6 Å². The number of amides is 3. The predicted molar refractivity (Wildman–Crippen MR) is 71.8 cm³/mol. The zero-order chi connectivity index (χ0) is 16.0. The van der Waals surface area contributed by atoms with Gasteiger partial charge in [0.05, 0.1) is 6.04 Å². The third-order valence-electron chi connectivity index (χ3n) is 2.74. The van der Waals surface area contributed by atoms with Crippen LogP contribution < -0.4 is 21.1 Å². The van der Waals surface area contributed by atoms with E-state index in [0.717, 1.165) is 5.56 Å². The minimum atomic E-state index is -2.87. The summed E-state index contributed by atoms with van der Waals surface area (Å²) in [6.07, 6.45) is 0. The first kappa shape index (κ1) is 16.8. The molecule has 0 fully saturated rings. The molecule has 0 saturated heterocycles. The zero-order valence-corrected chi connectivity index (χ0v) is 11.6. The number of nitrogens with two attached hydrogens (primary N) is 1. The summed E-state index contributed by atoms with van der Waals surface area (Å²) in [4.78, 5) is 22.1. The average molecular weight is 301 g/mol. The van der Waals surface area contributed by atoms with Crippen LogP contribution in [0.2, 0.25) is 0 Å². The molecule has 116 valence electrons. The smallest absolute Gasteiger partial charge is 0.387 e. The topological polar surface area (TPSA) is 93.4 Å². The van der Waals surface area contributed by atoms with Crippen LogP contribution in [-0.4, -0.2) is 24.6 Å². The van der Waals surface area contributed by atoms with E-state index in [2.05, 4.69) is 10.1 Å². The van der Waals surface area contributed by atoms with Gasteiger partial charge < -0.3 is 10.5 Å². The van der Waals surface area contributed by atoms with E-state index in [4.69, 9.17) is 5.73 Å². The molecular formula is C13H17F2N3O3. The lowest BCUT2D eigenvalue weighted by atomic mass is 10.1. The molecule has 0 aromatic heterocycles. The van der Waals surface area contributed by atoms with Gasteiger partial charge in [-0.3, -0.25) is 15.4 Å². The standard InChI is InChI=1S/C13H17F2N3O3/c1-7(17-8(2)11(19)18-13(16)20)9-3-5-10(6-4-9)21-12(14)15/h3-8,12,17H,1-2H3,(H3,16,18,19,20)/t7-,8-/m1/s1. The monoisotopic (exact) mass is 301 g/mol. The van der Waals surface area contributed by atoms with Gasteiger partial charge in [-0.05, 0) is 31.5 Å². The number of benzene rings is 1. The Bertz CT molecular complexity index is 494. The molecule has 0 aliphatic heterocycles. The Labute approximate surface area is 120 Å². The van der Waals surface area contributed by atoms with Gasteiger partial charge in [0.25, 0.3) is 0 Å². The van der Waals surface area contributed by atoms with E-state index in [1.807, 2.05) is 5.32 Å². The number of carbonyl (C=O) groups is 2. The van der Waals surface area contributed by atoms with Crippen LogP contribution in [0.3, 0.4) is 0 Å². The number of primary amides is 1. The maximum absolute atomic E-state index is 12.0. The van der Waals surface area contributed by atoms with Crippen LogP contribution in [-0.2, 0) is 4.79 Å². The van der Waals surface area contributed by atoms with Crippen molar-refractivity contribution in [3.8, 4) is 5.75 Å². The number of ether oxygens (including phenoxy) is 1. The van der Waals surface area contributed by atoms with Crippen LogP contribution in [0.4, 0.5) is 13.6 Å². The van der Waals surface area contributed by atoms with Gasteiger partial charge in [0, 0.05) is 6.04 Å². The number of imide groups is 1. The molecule has 0 heterocycles. The van der Waals surface area contributed by atoms with Crippen LogP contribution >= 0.6 is 0 Å². The predicted octanol–water partition coefficient (Wildman–Crippen LogP) is 1.52. The van der Waals surface area contributed by atoms with Gasteiger partial charge in [0.2, 0.25) is 5.91 Å².